The minimum Gasteiger partial charge on any atom is -0.367 e. The van der Waals surface area contributed by atoms with E-state index in [2.05, 4.69) is 20.6 Å². The monoisotopic (exact) mass is 322 g/mol. The van der Waals surface area contributed by atoms with Crippen molar-refractivity contribution in [2.75, 3.05) is 10.6 Å². The molecule has 5 nitrogen and oxygen atoms in total. The van der Waals surface area contributed by atoms with Gasteiger partial charge in [-0.1, -0.05) is 23.2 Å². The average Bonchev–Trinajstić information content (AvgIpc) is 3.27. The Kier molecular flexibility index (Phi) is 3.94. The van der Waals surface area contributed by atoms with Crippen molar-refractivity contribution in [3.05, 3.63) is 46.3 Å². The van der Waals surface area contributed by atoms with Gasteiger partial charge in [0.05, 0.1) is 10.7 Å². The van der Waals surface area contributed by atoms with Gasteiger partial charge in [0.1, 0.15) is 17.8 Å². The van der Waals surface area contributed by atoms with Crippen molar-refractivity contribution in [1.29, 1.82) is 0 Å². The van der Waals surface area contributed by atoms with Gasteiger partial charge >= 0.3 is 0 Å². The maximum absolute atomic E-state index is 12.2. The molecule has 3 rings (SSSR count). The summed E-state index contributed by atoms with van der Waals surface area (Å²) in [6.45, 7) is 0. The molecule has 21 heavy (non-hydrogen) atoms. The molecule has 0 saturated heterocycles. The third-order valence-corrected chi connectivity index (χ3v) is 3.57. The van der Waals surface area contributed by atoms with Crippen LogP contribution < -0.4 is 10.6 Å². The normalized spacial score (nSPS) is 13.8. The first kappa shape index (κ1) is 14.1. The molecule has 1 aliphatic carbocycles. The van der Waals surface area contributed by atoms with Crippen molar-refractivity contribution in [3.63, 3.8) is 0 Å². The zero-order valence-corrected chi connectivity index (χ0v) is 12.4. The summed E-state index contributed by atoms with van der Waals surface area (Å²) in [6.07, 6.45) is 3.62. The second-order valence-corrected chi connectivity index (χ2v) is 5.63. The SMILES string of the molecule is O=C(Nc1cc(Cl)ccc1Cl)c1cc(NC2CC2)ncn1. The smallest absolute Gasteiger partial charge is 0.274 e. The van der Waals surface area contributed by atoms with Crippen LogP contribution in [0.4, 0.5) is 11.5 Å². The van der Waals surface area contributed by atoms with Crippen molar-refractivity contribution < 1.29 is 4.79 Å². The predicted molar refractivity (Wildman–Crippen MR) is 83.1 cm³/mol. The number of hydrogen-bond donors (Lipinski definition) is 2. The van der Waals surface area contributed by atoms with E-state index in [4.69, 9.17) is 23.2 Å². The van der Waals surface area contributed by atoms with Gasteiger partial charge in [-0.05, 0) is 31.0 Å². The molecule has 1 heterocycles. The number of amides is 1. The number of nitrogens with one attached hydrogen (secondary N) is 2. The second-order valence-electron chi connectivity index (χ2n) is 4.79. The number of hydrogen-bond acceptors (Lipinski definition) is 4. The van der Waals surface area contributed by atoms with Crippen molar-refractivity contribution >= 4 is 40.6 Å². The Labute approximate surface area is 131 Å². The average molecular weight is 323 g/mol. The Morgan fingerprint density at radius 2 is 2.00 bits per heavy atom. The third-order valence-electron chi connectivity index (χ3n) is 3.01. The molecular weight excluding hydrogens is 311 g/mol. The molecule has 1 aliphatic rings. The first-order valence-corrected chi connectivity index (χ1v) is 7.22. The van der Waals surface area contributed by atoms with Crippen molar-refractivity contribution in [2.24, 2.45) is 0 Å². The zero-order valence-electron chi connectivity index (χ0n) is 10.9. The Morgan fingerprint density at radius 1 is 1.19 bits per heavy atom. The molecule has 0 spiro atoms. The molecule has 0 bridgehead atoms. The molecule has 0 aliphatic heterocycles. The van der Waals surface area contributed by atoms with Crippen molar-refractivity contribution in [3.8, 4) is 0 Å². The van der Waals surface area contributed by atoms with E-state index in [0.717, 1.165) is 12.8 Å². The first-order chi connectivity index (χ1) is 10.1. The van der Waals surface area contributed by atoms with Crippen molar-refractivity contribution in [2.45, 2.75) is 18.9 Å². The fourth-order valence-electron chi connectivity index (χ4n) is 1.78. The van der Waals surface area contributed by atoms with E-state index >= 15 is 0 Å². The van der Waals surface area contributed by atoms with E-state index in [1.807, 2.05) is 0 Å². The summed E-state index contributed by atoms with van der Waals surface area (Å²) in [5, 5.41) is 6.82. The number of nitrogens with zero attached hydrogens (tertiary/aromatic N) is 2. The van der Waals surface area contributed by atoms with Crippen LogP contribution in [-0.2, 0) is 0 Å². The summed E-state index contributed by atoms with van der Waals surface area (Å²) in [6, 6.07) is 6.94. The lowest BCUT2D eigenvalue weighted by molar-refractivity contribution is 0.102. The Bertz CT molecular complexity index is 688. The Morgan fingerprint density at radius 3 is 2.76 bits per heavy atom. The molecule has 1 aromatic heterocycles. The first-order valence-electron chi connectivity index (χ1n) is 6.47. The van der Waals surface area contributed by atoms with Crippen LogP contribution >= 0.6 is 23.2 Å². The zero-order chi connectivity index (χ0) is 14.8. The standard InChI is InChI=1S/C14H12Cl2N4O/c15-8-1-4-10(16)11(5-8)20-14(21)12-6-13(18-7-17-12)19-9-2-3-9/h1,4-7,9H,2-3H2,(H,20,21)(H,17,18,19). The van der Waals surface area contributed by atoms with Crippen LogP contribution in [0.15, 0.2) is 30.6 Å². The van der Waals surface area contributed by atoms with Crippen LogP contribution in [0, 0.1) is 0 Å². The Balaban J connectivity index is 1.76. The van der Waals surface area contributed by atoms with E-state index < -0.39 is 0 Å². The lowest BCUT2D eigenvalue weighted by atomic mass is 10.3. The fourth-order valence-corrected chi connectivity index (χ4v) is 2.11. The number of aromatic nitrogens is 2. The molecule has 0 atom stereocenters. The molecule has 1 fully saturated rings. The summed E-state index contributed by atoms with van der Waals surface area (Å²) >= 11 is 11.9. The summed E-state index contributed by atoms with van der Waals surface area (Å²) < 4.78 is 0. The maximum atomic E-state index is 12.2. The molecule has 7 heteroatoms. The van der Waals surface area contributed by atoms with Gasteiger partial charge in [-0.25, -0.2) is 9.97 Å². The van der Waals surface area contributed by atoms with Crippen LogP contribution in [-0.4, -0.2) is 21.9 Å². The molecule has 1 aromatic carbocycles. The van der Waals surface area contributed by atoms with Gasteiger partial charge in [0.2, 0.25) is 0 Å². The number of halogens is 2. The van der Waals surface area contributed by atoms with Crippen LogP contribution in [0.3, 0.4) is 0 Å². The third kappa shape index (κ3) is 3.62. The lowest BCUT2D eigenvalue weighted by Crippen LogP contribution is -2.15. The highest BCUT2D eigenvalue weighted by molar-refractivity contribution is 6.35. The van der Waals surface area contributed by atoms with E-state index in [9.17, 15) is 4.79 Å². The van der Waals surface area contributed by atoms with Crippen molar-refractivity contribution in [1.82, 2.24) is 9.97 Å². The summed E-state index contributed by atoms with van der Waals surface area (Å²) in [7, 11) is 0. The minimum absolute atomic E-state index is 0.268. The number of carbonyl (C=O) groups excluding carboxylic acids is 1. The van der Waals surface area contributed by atoms with Gasteiger partial charge < -0.3 is 10.6 Å². The number of rotatable bonds is 4. The molecule has 108 valence electrons. The molecule has 0 radical (unpaired) electrons. The number of benzene rings is 1. The largest absolute Gasteiger partial charge is 0.367 e. The van der Waals surface area contributed by atoms with Gasteiger partial charge in [-0.2, -0.15) is 0 Å². The summed E-state index contributed by atoms with van der Waals surface area (Å²) in [5.41, 5.74) is 0.716. The van der Waals surface area contributed by atoms with Crippen LogP contribution in [0.25, 0.3) is 0 Å². The molecule has 2 N–H and O–H groups in total. The molecular formula is C14H12Cl2N4O. The highest BCUT2D eigenvalue weighted by atomic mass is 35.5. The summed E-state index contributed by atoms with van der Waals surface area (Å²) in [4.78, 5) is 20.3. The van der Waals surface area contributed by atoms with Crippen LogP contribution in [0.2, 0.25) is 10.0 Å². The van der Waals surface area contributed by atoms with Gasteiger partial charge in [0.15, 0.2) is 0 Å². The van der Waals surface area contributed by atoms with E-state index in [1.54, 1.807) is 24.3 Å². The lowest BCUT2D eigenvalue weighted by Gasteiger charge is -2.08. The quantitative estimate of drug-likeness (QED) is 0.902. The van der Waals surface area contributed by atoms with Gasteiger partial charge in [0.25, 0.3) is 5.91 Å². The van der Waals surface area contributed by atoms with Gasteiger partial charge in [0, 0.05) is 17.1 Å². The fraction of sp³-hybridized carbons (Fsp3) is 0.214. The molecule has 1 saturated carbocycles. The summed E-state index contributed by atoms with van der Waals surface area (Å²) in [5.74, 6) is 0.287. The number of anilines is 2. The van der Waals surface area contributed by atoms with Gasteiger partial charge in [-0.3, -0.25) is 4.79 Å². The highest BCUT2D eigenvalue weighted by Crippen LogP contribution is 2.26. The molecule has 1 amide bonds. The van der Waals surface area contributed by atoms with Crippen LogP contribution in [0.5, 0.6) is 0 Å². The molecule has 0 unspecified atom stereocenters. The highest BCUT2D eigenvalue weighted by Gasteiger charge is 2.21. The topological polar surface area (TPSA) is 66.9 Å². The second kappa shape index (κ2) is 5.87. The predicted octanol–water partition coefficient (Wildman–Crippen LogP) is 3.61. The Hall–Kier alpha value is -1.85. The van der Waals surface area contributed by atoms with Gasteiger partial charge in [-0.15, -0.1) is 0 Å². The number of carbonyl (C=O) groups is 1. The van der Waals surface area contributed by atoms with Crippen LogP contribution in [0.1, 0.15) is 23.3 Å². The van der Waals surface area contributed by atoms with E-state index in [0.29, 0.717) is 27.6 Å². The minimum atomic E-state index is -0.361. The van der Waals surface area contributed by atoms with E-state index in [-0.39, 0.29) is 11.6 Å². The molecule has 2 aromatic rings. The van der Waals surface area contributed by atoms with E-state index in [1.165, 1.54) is 6.33 Å². The maximum Gasteiger partial charge on any atom is 0.274 e.